The van der Waals surface area contributed by atoms with Crippen LogP contribution in [0.2, 0.25) is 0 Å². The first kappa shape index (κ1) is 32.5. The van der Waals surface area contributed by atoms with Gasteiger partial charge in [0.15, 0.2) is 0 Å². The molecule has 1 aliphatic carbocycles. The minimum atomic E-state index is -2.68. The normalized spacial score (nSPS) is 17.5. The maximum Gasteiger partial charge on any atom is 0.224 e. The lowest BCUT2D eigenvalue weighted by Gasteiger charge is -2.34. The third kappa shape index (κ3) is 7.47. The predicted octanol–water partition coefficient (Wildman–Crippen LogP) is 7.11. The van der Waals surface area contributed by atoms with E-state index in [1.807, 2.05) is 12.1 Å². The Morgan fingerprint density at radius 1 is 1.16 bits per heavy atom. The van der Waals surface area contributed by atoms with Crippen molar-refractivity contribution in [3.63, 3.8) is 0 Å². The molecule has 11 heteroatoms. The van der Waals surface area contributed by atoms with Gasteiger partial charge in [0.25, 0.3) is 0 Å². The Labute approximate surface area is 269 Å². The van der Waals surface area contributed by atoms with Gasteiger partial charge in [-0.25, -0.2) is 4.98 Å². The van der Waals surface area contributed by atoms with Crippen LogP contribution in [-0.2, 0) is 14.0 Å². The van der Waals surface area contributed by atoms with E-state index in [0.29, 0.717) is 47.0 Å². The largest absolute Gasteiger partial charge is 0.495 e. The number of nitrogens with one attached hydrogen (secondary N) is 2. The summed E-state index contributed by atoms with van der Waals surface area (Å²) in [5.74, 6) is 2.74. The summed E-state index contributed by atoms with van der Waals surface area (Å²) >= 11 is 3.62. The summed E-state index contributed by atoms with van der Waals surface area (Å²) in [4.78, 5) is 16.6. The molecule has 1 saturated carbocycles. The van der Waals surface area contributed by atoms with Crippen molar-refractivity contribution >= 4 is 56.7 Å². The SMILES string of the molecule is C=C(OC)/C(=C\C(C(C)C)C(C)Nc1ncc(Br)c(Nc2ccc3nc(C4CC4)ccc3c2P(C)(C)=O)n1)N1CCOCC1. The highest BCUT2D eigenvalue weighted by Gasteiger charge is 2.28. The number of hydrogen-bond donors (Lipinski definition) is 2. The number of pyridine rings is 1. The van der Waals surface area contributed by atoms with E-state index in [0.717, 1.165) is 46.4 Å². The van der Waals surface area contributed by atoms with E-state index in [2.05, 4.69) is 82.0 Å². The van der Waals surface area contributed by atoms with Crippen LogP contribution in [0.1, 0.15) is 45.2 Å². The van der Waals surface area contributed by atoms with E-state index in [1.54, 1.807) is 26.6 Å². The fourth-order valence-corrected chi connectivity index (χ4v) is 7.59. The van der Waals surface area contributed by atoms with Crippen LogP contribution in [0.15, 0.2) is 59.0 Å². The summed E-state index contributed by atoms with van der Waals surface area (Å²) in [7, 11) is -1.03. The second kappa shape index (κ2) is 13.6. The number of ether oxygens (including phenoxy) is 2. The molecule has 0 bridgehead atoms. The number of anilines is 3. The summed E-state index contributed by atoms with van der Waals surface area (Å²) in [5.41, 5.74) is 3.74. The van der Waals surface area contributed by atoms with Gasteiger partial charge in [-0.1, -0.05) is 32.6 Å². The summed E-state index contributed by atoms with van der Waals surface area (Å²) in [6, 6.07) is 8.11. The monoisotopic (exact) mass is 682 g/mol. The summed E-state index contributed by atoms with van der Waals surface area (Å²) in [6.45, 7) is 17.3. The average Bonchev–Trinajstić information content (AvgIpc) is 3.84. The molecule has 0 amide bonds. The zero-order valence-electron chi connectivity index (χ0n) is 26.6. The van der Waals surface area contributed by atoms with Gasteiger partial charge in [-0.15, -0.1) is 0 Å². The molecule has 5 rings (SSSR count). The highest BCUT2D eigenvalue weighted by Crippen LogP contribution is 2.43. The van der Waals surface area contributed by atoms with Gasteiger partial charge in [0, 0.05) is 53.5 Å². The summed E-state index contributed by atoms with van der Waals surface area (Å²) in [5, 5.41) is 8.67. The molecule has 0 spiro atoms. The number of benzene rings is 1. The predicted molar refractivity (Wildman–Crippen MR) is 184 cm³/mol. The Kier molecular flexibility index (Phi) is 10.0. The van der Waals surface area contributed by atoms with Crippen molar-refractivity contribution in [2.24, 2.45) is 11.8 Å². The van der Waals surface area contributed by atoms with Crippen molar-refractivity contribution in [3.05, 3.63) is 64.7 Å². The van der Waals surface area contributed by atoms with Crippen molar-refractivity contribution in [2.45, 2.75) is 45.6 Å². The van der Waals surface area contributed by atoms with Crippen molar-refractivity contribution in [1.29, 1.82) is 0 Å². The molecular formula is C33H44BrN6O3P. The van der Waals surface area contributed by atoms with Crippen LogP contribution < -0.4 is 15.9 Å². The zero-order chi connectivity index (χ0) is 31.6. The molecule has 1 aliphatic heterocycles. The Balaban J connectivity index is 1.42. The van der Waals surface area contributed by atoms with Gasteiger partial charge in [0.05, 0.1) is 41.7 Å². The second-order valence-electron chi connectivity index (χ2n) is 12.4. The zero-order valence-corrected chi connectivity index (χ0v) is 29.0. The van der Waals surface area contributed by atoms with Gasteiger partial charge < -0.3 is 29.6 Å². The fourth-order valence-electron chi connectivity index (χ4n) is 5.82. The number of nitrogens with zero attached hydrogens (tertiary/aromatic N) is 4. The van der Waals surface area contributed by atoms with Crippen LogP contribution in [0, 0.1) is 11.8 Å². The number of halogens is 1. The minimum absolute atomic E-state index is 0.000749. The van der Waals surface area contributed by atoms with Crippen molar-refractivity contribution < 1.29 is 14.0 Å². The molecule has 9 nitrogen and oxygen atoms in total. The molecule has 2 aliphatic rings. The molecule has 3 aromatic rings. The molecule has 0 radical (unpaired) electrons. The van der Waals surface area contributed by atoms with Gasteiger partial charge >= 0.3 is 0 Å². The van der Waals surface area contributed by atoms with Gasteiger partial charge in [-0.3, -0.25) is 4.98 Å². The molecule has 2 fully saturated rings. The van der Waals surface area contributed by atoms with E-state index in [9.17, 15) is 4.57 Å². The van der Waals surface area contributed by atoms with Crippen LogP contribution in [-0.4, -0.2) is 72.6 Å². The molecule has 1 aromatic carbocycles. The van der Waals surface area contributed by atoms with Gasteiger partial charge in [0.1, 0.15) is 18.7 Å². The average molecular weight is 684 g/mol. The van der Waals surface area contributed by atoms with Crippen LogP contribution in [0.25, 0.3) is 10.9 Å². The van der Waals surface area contributed by atoms with Crippen LogP contribution in [0.4, 0.5) is 17.5 Å². The van der Waals surface area contributed by atoms with E-state index < -0.39 is 7.14 Å². The Hall–Kier alpha value is -2.94. The van der Waals surface area contributed by atoms with Gasteiger partial charge in [-0.05, 0) is 73.1 Å². The number of methoxy groups -OCH3 is 1. The van der Waals surface area contributed by atoms with E-state index in [4.69, 9.17) is 19.4 Å². The summed E-state index contributed by atoms with van der Waals surface area (Å²) in [6.07, 6.45) is 6.36. The maximum atomic E-state index is 13.6. The maximum absolute atomic E-state index is 13.6. The molecule has 3 heterocycles. The van der Waals surface area contributed by atoms with E-state index in [-0.39, 0.29) is 12.0 Å². The number of hydrogen-bond acceptors (Lipinski definition) is 9. The number of rotatable bonds is 12. The molecule has 2 N–H and O–H groups in total. The molecular weight excluding hydrogens is 639 g/mol. The standard InChI is InChI=1S/C33H44BrN6O3P/c1-20(2)25(18-30(22(4)42-5)40-14-16-43-17-15-40)21(3)36-33-35-19-26(34)32(39-33)38-29-13-12-28-24(31(29)44(6,7)41)10-11-27(37-28)23-8-9-23/h10-13,18-21,23,25H,4,8-9,14-17H2,1-3,5-7H3,(H2,35,36,38,39)/b30-18+. The van der Waals surface area contributed by atoms with Crippen molar-refractivity contribution in [1.82, 2.24) is 19.9 Å². The molecule has 44 heavy (non-hydrogen) atoms. The van der Waals surface area contributed by atoms with Gasteiger partial charge in [0.2, 0.25) is 5.95 Å². The van der Waals surface area contributed by atoms with Crippen LogP contribution >= 0.6 is 23.1 Å². The third-order valence-electron chi connectivity index (χ3n) is 8.33. The lowest BCUT2D eigenvalue weighted by molar-refractivity contribution is 0.0507. The highest BCUT2D eigenvalue weighted by atomic mass is 79.9. The van der Waals surface area contributed by atoms with Crippen molar-refractivity contribution in [3.8, 4) is 0 Å². The lowest BCUT2D eigenvalue weighted by Crippen LogP contribution is -2.37. The fraction of sp³-hybridized carbons (Fsp3) is 0.485. The second-order valence-corrected chi connectivity index (χ2v) is 16.4. The van der Waals surface area contributed by atoms with E-state index in [1.165, 1.54) is 12.8 Å². The first-order valence-electron chi connectivity index (χ1n) is 15.3. The highest BCUT2D eigenvalue weighted by molar-refractivity contribution is 9.10. The summed E-state index contributed by atoms with van der Waals surface area (Å²) < 4.78 is 25.5. The molecule has 2 unspecified atom stereocenters. The number of aromatic nitrogens is 3. The number of fused-ring (bicyclic) bond motifs is 1. The van der Waals surface area contributed by atoms with Crippen LogP contribution in [0.3, 0.4) is 0 Å². The Morgan fingerprint density at radius 2 is 1.89 bits per heavy atom. The van der Waals surface area contributed by atoms with Gasteiger partial charge in [-0.2, -0.15) is 4.98 Å². The molecule has 2 atom stereocenters. The molecule has 2 aromatic heterocycles. The first-order chi connectivity index (χ1) is 21.0. The van der Waals surface area contributed by atoms with E-state index >= 15 is 0 Å². The third-order valence-corrected chi connectivity index (χ3v) is 10.5. The number of morpholine rings is 1. The quantitative estimate of drug-likeness (QED) is 0.118. The molecule has 236 valence electrons. The van der Waals surface area contributed by atoms with Crippen molar-refractivity contribution in [2.75, 3.05) is 57.4 Å². The first-order valence-corrected chi connectivity index (χ1v) is 18.7. The lowest BCUT2D eigenvalue weighted by atomic mass is 9.88. The molecule has 1 saturated heterocycles. The topological polar surface area (TPSA) is 102 Å². The van der Waals surface area contributed by atoms with Crippen LogP contribution in [0.5, 0.6) is 0 Å². The Bertz CT molecular complexity index is 1600. The minimum Gasteiger partial charge on any atom is -0.495 e. The smallest absolute Gasteiger partial charge is 0.224 e. The Morgan fingerprint density at radius 3 is 2.52 bits per heavy atom.